The maximum atomic E-state index is 12.9. The van der Waals surface area contributed by atoms with Crippen molar-refractivity contribution in [1.82, 2.24) is 24.4 Å². The van der Waals surface area contributed by atoms with E-state index in [9.17, 15) is 23.1 Å². The van der Waals surface area contributed by atoms with Crippen LogP contribution in [0.1, 0.15) is 11.3 Å². The molecule has 1 N–H and O–H groups in total. The maximum absolute atomic E-state index is 12.9. The Bertz CT molecular complexity index is 1380. The summed E-state index contributed by atoms with van der Waals surface area (Å²) in [5, 5.41) is 19.1. The number of fused-ring (bicyclic) bond motifs is 1. The molecule has 0 unspecified atom stereocenters. The van der Waals surface area contributed by atoms with Crippen LogP contribution in [-0.2, 0) is 12.7 Å². The molecule has 1 aliphatic rings. The first-order valence-corrected chi connectivity index (χ1v) is 10.3. The van der Waals surface area contributed by atoms with Crippen molar-refractivity contribution < 1.29 is 18.3 Å². The highest BCUT2D eigenvalue weighted by Crippen LogP contribution is 2.35. The molecule has 0 spiro atoms. The maximum Gasteiger partial charge on any atom is 0.433 e. The molecular formula is C21H16ClF3N6O2. The number of aromatic nitrogens is 5. The van der Waals surface area contributed by atoms with Gasteiger partial charge in [0.25, 0.3) is 0 Å². The van der Waals surface area contributed by atoms with Crippen LogP contribution in [0.2, 0.25) is 5.02 Å². The minimum atomic E-state index is -4.54. The second-order valence-corrected chi connectivity index (χ2v) is 8.13. The molecule has 8 nitrogen and oxygen atoms in total. The standard InChI is InChI=1S/C21H16ClF3N6O2/c22-14-4-2-13(3-5-14)16-8-27-31-19(18(16)29-10-15(32)11-29)28-30(20(31)33)9-12-1-6-17(26-7-12)21(23,24)25/h1-8,15,32H,9-11H2. The molecular weight excluding hydrogens is 461 g/mol. The summed E-state index contributed by atoms with van der Waals surface area (Å²) in [6.45, 7) is 0.653. The Labute approximate surface area is 189 Å². The van der Waals surface area contributed by atoms with Crippen LogP contribution < -0.4 is 10.6 Å². The first-order chi connectivity index (χ1) is 15.7. The van der Waals surface area contributed by atoms with E-state index in [-0.39, 0.29) is 12.2 Å². The second kappa shape index (κ2) is 7.85. The molecule has 170 valence electrons. The summed E-state index contributed by atoms with van der Waals surface area (Å²) in [5.74, 6) is 0. The van der Waals surface area contributed by atoms with Crippen LogP contribution in [0.15, 0.2) is 53.6 Å². The van der Waals surface area contributed by atoms with E-state index in [2.05, 4.69) is 15.2 Å². The van der Waals surface area contributed by atoms with Crippen molar-refractivity contribution in [3.8, 4) is 11.1 Å². The summed E-state index contributed by atoms with van der Waals surface area (Å²) in [5.41, 5.74) is 1.24. The molecule has 5 rings (SSSR count). The molecule has 3 aromatic heterocycles. The zero-order valence-electron chi connectivity index (χ0n) is 16.9. The third-order valence-corrected chi connectivity index (χ3v) is 5.62. The zero-order chi connectivity index (χ0) is 23.3. The van der Waals surface area contributed by atoms with Crippen molar-refractivity contribution in [2.24, 2.45) is 0 Å². The van der Waals surface area contributed by atoms with E-state index in [0.717, 1.165) is 27.0 Å². The highest BCUT2D eigenvalue weighted by atomic mass is 35.5. The molecule has 0 saturated carbocycles. The van der Waals surface area contributed by atoms with E-state index in [4.69, 9.17) is 11.6 Å². The third kappa shape index (κ3) is 3.93. The zero-order valence-corrected chi connectivity index (χ0v) is 17.6. The second-order valence-electron chi connectivity index (χ2n) is 7.70. The lowest BCUT2D eigenvalue weighted by atomic mass is 10.0. The van der Waals surface area contributed by atoms with E-state index < -0.39 is 23.7 Å². The molecule has 12 heteroatoms. The highest BCUT2D eigenvalue weighted by molar-refractivity contribution is 6.30. The number of β-amino-alcohol motifs (C(OH)–C–C–N with tert-alkyl or cyclic N) is 1. The molecule has 0 atom stereocenters. The minimum absolute atomic E-state index is 0.0777. The van der Waals surface area contributed by atoms with Crippen LogP contribution in [0.25, 0.3) is 16.8 Å². The van der Waals surface area contributed by atoms with Gasteiger partial charge in [0.05, 0.1) is 24.5 Å². The van der Waals surface area contributed by atoms with Gasteiger partial charge in [-0.1, -0.05) is 29.8 Å². The number of hydrogen-bond acceptors (Lipinski definition) is 6. The van der Waals surface area contributed by atoms with Gasteiger partial charge < -0.3 is 10.0 Å². The van der Waals surface area contributed by atoms with E-state index in [1.807, 2.05) is 17.0 Å². The molecule has 0 aliphatic carbocycles. The van der Waals surface area contributed by atoms with Crippen molar-refractivity contribution in [3.05, 3.63) is 75.6 Å². The van der Waals surface area contributed by atoms with Gasteiger partial charge in [0.15, 0.2) is 0 Å². The monoisotopic (exact) mass is 476 g/mol. The van der Waals surface area contributed by atoms with Gasteiger partial charge in [-0.15, -0.1) is 5.10 Å². The van der Waals surface area contributed by atoms with Crippen molar-refractivity contribution in [1.29, 1.82) is 0 Å². The van der Waals surface area contributed by atoms with Crippen molar-refractivity contribution in [3.63, 3.8) is 0 Å². The molecule has 1 saturated heterocycles. The molecule has 4 heterocycles. The summed E-state index contributed by atoms with van der Waals surface area (Å²) in [4.78, 5) is 18.2. The van der Waals surface area contributed by atoms with Crippen LogP contribution in [-0.4, -0.2) is 48.7 Å². The molecule has 0 bridgehead atoms. The largest absolute Gasteiger partial charge is 0.433 e. The number of rotatable bonds is 4. The van der Waals surface area contributed by atoms with Gasteiger partial charge >= 0.3 is 11.9 Å². The van der Waals surface area contributed by atoms with Crippen LogP contribution in [0, 0.1) is 0 Å². The van der Waals surface area contributed by atoms with Gasteiger partial charge in [0.1, 0.15) is 5.69 Å². The Kier molecular flexibility index (Phi) is 5.09. The number of alkyl halides is 3. The van der Waals surface area contributed by atoms with Gasteiger partial charge in [0.2, 0.25) is 5.65 Å². The predicted octanol–water partition coefficient (Wildman–Crippen LogP) is 2.85. The summed E-state index contributed by atoms with van der Waals surface area (Å²) < 4.78 is 40.6. The van der Waals surface area contributed by atoms with Gasteiger partial charge in [-0.3, -0.25) is 4.98 Å². The number of benzene rings is 1. The van der Waals surface area contributed by atoms with Crippen LogP contribution in [0.5, 0.6) is 0 Å². The Morgan fingerprint density at radius 3 is 2.42 bits per heavy atom. The summed E-state index contributed by atoms with van der Waals surface area (Å²) in [6, 6.07) is 9.22. The van der Waals surface area contributed by atoms with Gasteiger partial charge in [-0.05, 0) is 29.3 Å². The topological polar surface area (TPSA) is 88.5 Å². The summed E-state index contributed by atoms with van der Waals surface area (Å²) >= 11 is 6.00. The Balaban J connectivity index is 1.58. The normalized spacial score (nSPS) is 14.6. The van der Waals surface area contributed by atoms with Gasteiger partial charge in [-0.25, -0.2) is 9.48 Å². The molecule has 1 aliphatic heterocycles. The lowest BCUT2D eigenvalue weighted by Crippen LogP contribution is -2.51. The van der Waals surface area contributed by atoms with Crippen LogP contribution in [0.3, 0.4) is 0 Å². The number of hydrogen-bond donors (Lipinski definition) is 1. The number of aliphatic hydroxyl groups is 1. The summed E-state index contributed by atoms with van der Waals surface area (Å²) in [7, 11) is 0. The Morgan fingerprint density at radius 1 is 1.09 bits per heavy atom. The van der Waals surface area contributed by atoms with Crippen LogP contribution >= 0.6 is 11.6 Å². The summed E-state index contributed by atoms with van der Waals surface area (Å²) in [6.07, 6.45) is -2.43. The van der Waals surface area contributed by atoms with Crippen molar-refractivity contribution >= 4 is 22.9 Å². The number of halogens is 4. The first-order valence-electron chi connectivity index (χ1n) is 9.90. The first kappa shape index (κ1) is 21.4. The SMILES string of the molecule is O=c1n(Cc2ccc(C(F)(F)F)nc2)nc2c(N3CC(O)C3)c(-c3ccc(Cl)cc3)cnn12. The average molecular weight is 477 g/mol. The molecule has 4 aromatic rings. The number of anilines is 1. The van der Waals surface area contributed by atoms with Gasteiger partial charge in [-0.2, -0.15) is 22.8 Å². The van der Waals surface area contributed by atoms with E-state index in [0.29, 0.717) is 34.9 Å². The molecule has 1 fully saturated rings. The lowest BCUT2D eigenvalue weighted by Gasteiger charge is -2.38. The minimum Gasteiger partial charge on any atom is -0.389 e. The predicted molar refractivity (Wildman–Crippen MR) is 114 cm³/mol. The fourth-order valence-corrected chi connectivity index (χ4v) is 3.83. The average Bonchev–Trinajstić information content (AvgIpc) is 3.07. The highest BCUT2D eigenvalue weighted by Gasteiger charge is 2.32. The number of aliphatic hydroxyl groups excluding tert-OH is 1. The number of nitrogens with zero attached hydrogens (tertiary/aromatic N) is 6. The third-order valence-electron chi connectivity index (χ3n) is 5.37. The lowest BCUT2D eigenvalue weighted by molar-refractivity contribution is -0.141. The molecule has 0 radical (unpaired) electrons. The fourth-order valence-electron chi connectivity index (χ4n) is 3.70. The van der Waals surface area contributed by atoms with Gasteiger partial charge in [0, 0.05) is 29.9 Å². The van der Waals surface area contributed by atoms with E-state index in [1.165, 1.54) is 6.07 Å². The van der Waals surface area contributed by atoms with Crippen molar-refractivity contribution in [2.45, 2.75) is 18.8 Å². The fraction of sp³-hybridized carbons (Fsp3) is 0.238. The molecule has 1 aromatic carbocycles. The number of pyridine rings is 1. The molecule has 33 heavy (non-hydrogen) atoms. The molecule has 0 amide bonds. The quantitative estimate of drug-likeness (QED) is 0.487. The Morgan fingerprint density at radius 2 is 1.82 bits per heavy atom. The van der Waals surface area contributed by atoms with Crippen LogP contribution in [0.4, 0.5) is 18.9 Å². The smallest absolute Gasteiger partial charge is 0.389 e. The van der Waals surface area contributed by atoms with E-state index >= 15 is 0 Å². The van der Waals surface area contributed by atoms with Crippen molar-refractivity contribution in [2.75, 3.05) is 18.0 Å². The Hall–Kier alpha value is -3.44. The van der Waals surface area contributed by atoms with E-state index in [1.54, 1.807) is 18.3 Å².